The SMILES string of the molecule is CC(C)(O)c1ccnc(C(C)(C)O)c1N. The third-order valence-corrected chi connectivity index (χ3v) is 2.23. The maximum Gasteiger partial charge on any atom is 0.103 e. The van der Waals surface area contributed by atoms with Gasteiger partial charge in [0.25, 0.3) is 0 Å². The molecule has 0 fully saturated rings. The highest BCUT2D eigenvalue weighted by molar-refractivity contribution is 5.54. The van der Waals surface area contributed by atoms with Gasteiger partial charge in [0.05, 0.1) is 17.0 Å². The molecule has 0 spiro atoms. The number of anilines is 1. The zero-order valence-electron chi connectivity index (χ0n) is 9.57. The molecule has 0 aliphatic heterocycles. The van der Waals surface area contributed by atoms with E-state index in [-0.39, 0.29) is 0 Å². The van der Waals surface area contributed by atoms with Gasteiger partial charge >= 0.3 is 0 Å². The van der Waals surface area contributed by atoms with Gasteiger partial charge in [0.15, 0.2) is 0 Å². The first-order chi connectivity index (χ1) is 6.64. The van der Waals surface area contributed by atoms with Crippen LogP contribution in [0, 0.1) is 0 Å². The van der Waals surface area contributed by atoms with Crippen molar-refractivity contribution in [3.05, 3.63) is 23.5 Å². The maximum atomic E-state index is 9.87. The number of rotatable bonds is 2. The topological polar surface area (TPSA) is 79.4 Å². The minimum atomic E-state index is -1.11. The lowest BCUT2D eigenvalue weighted by Crippen LogP contribution is -2.24. The second-order valence-electron chi connectivity index (χ2n) is 4.74. The Kier molecular flexibility index (Phi) is 2.76. The third-order valence-electron chi connectivity index (χ3n) is 2.23. The number of aromatic nitrogens is 1. The lowest BCUT2D eigenvalue weighted by molar-refractivity contribution is 0.0700. The van der Waals surface area contributed by atoms with Gasteiger partial charge in [-0.15, -0.1) is 0 Å². The molecule has 1 aromatic heterocycles. The average Bonchev–Trinajstić information content (AvgIpc) is 1.99. The predicted octanol–water partition coefficient (Wildman–Crippen LogP) is 1.12. The molecule has 1 heterocycles. The summed E-state index contributed by atoms with van der Waals surface area (Å²) in [4.78, 5) is 4.04. The normalized spacial score (nSPS) is 12.9. The summed E-state index contributed by atoms with van der Waals surface area (Å²) in [7, 11) is 0. The van der Waals surface area contributed by atoms with Gasteiger partial charge in [0.2, 0.25) is 0 Å². The summed E-state index contributed by atoms with van der Waals surface area (Å²) in [6.07, 6.45) is 1.54. The van der Waals surface area contributed by atoms with Crippen LogP contribution < -0.4 is 5.73 Å². The van der Waals surface area contributed by atoms with Crippen molar-refractivity contribution in [2.45, 2.75) is 38.9 Å². The lowest BCUT2D eigenvalue weighted by Gasteiger charge is -2.25. The number of pyridine rings is 1. The van der Waals surface area contributed by atoms with Crippen molar-refractivity contribution < 1.29 is 10.2 Å². The summed E-state index contributed by atoms with van der Waals surface area (Å²) in [6.45, 7) is 6.51. The van der Waals surface area contributed by atoms with Crippen LogP contribution in [-0.2, 0) is 11.2 Å². The molecule has 4 heteroatoms. The van der Waals surface area contributed by atoms with E-state index in [4.69, 9.17) is 5.73 Å². The monoisotopic (exact) mass is 210 g/mol. The van der Waals surface area contributed by atoms with Crippen LogP contribution in [-0.4, -0.2) is 15.2 Å². The van der Waals surface area contributed by atoms with E-state index in [9.17, 15) is 10.2 Å². The number of nitrogens with two attached hydrogens (primary N) is 1. The van der Waals surface area contributed by atoms with Gasteiger partial charge in [-0.2, -0.15) is 0 Å². The molecule has 0 aliphatic carbocycles. The number of hydrogen-bond acceptors (Lipinski definition) is 4. The van der Waals surface area contributed by atoms with Crippen LogP contribution in [0.15, 0.2) is 12.3 Å². The van der Waals surface area contributed by atoms with Gasteiger partial charge in [0, 0.05) is 11.8 Å². The van der Waals surface area contributed by atoms with Gasteiger partial charge in [-0.05, 0) is 33.8 Å². The molecule has 0 amide bonds. The third kappa shape index (κ3) is 2.46. The van der Waals surface area contributed by atoms with Crippen molar-refractivity contribution >= 4 is 5.69 Å². The molecule has 4 nitrogen and oxygen atoms in total. The number of aliphatic hydroxyl groups is 2. The standard InChI is InChI=1S/C11H18N2O2/c1-10(2,14)7-5-6-13-9(8(7)12)11(3,4)15/h5-6,14-15H,12H2,1-4H3. The first-order valence-electron chi connectivity index (χ1n) is 4.84. The van der Waals surface area contributed by atoms with E-state index in [0.29, 0.717) is 16.9 Å². The Bertz CT molecular complexity index is 330. The molecule has 0 saturated carbocycles. The molecular formula is C11H18N2O2. The van der Waals surface area contributed by atoms with E-state index in [0.717, 1.165) is 0 Å². The molecule has 1 aromatic rings. The highest BCUT2D eigenvalue weighted by atomic mass is 16.3. The molecule has 0 radical (unpaired) electrons. The van der Waals surface area contributed by atoms with Crippen LogP contribution in [0.1, 0.15) is 39.0 Å². The van der Waals surface area contributed by atoms with Gasteiger partial charge < -0.3 is 15.9 Å². The van der Waals surface area contributed by atoms with Crippen molar-refractivity contribution in [2.24, 2.45) is 0 Å². The van der Waals surface area contributed by atoms with Crippen LogP contribution in [0.4, 0.5) is 5.69 Å². The second-order valence-corrected chi connectivity index (χ2v) is 4.74. The lowest BCUT2D eigenvalue weighted by atomic mass is 9.93. The zero-order chi connectivity index (χ0) is 11.9. The molecule has 0 unspecified atom stereocenters. The summed E-state index contributed by atoms with van der Waals surface area (Å²) in [5.41, 5.74) is 5.05. The minimum Gasteiger partial charge on any atom is -0.397 e. The van der Waals surface area contributed by atoms with Crippen molar-refractivity contribution in [3.8, 4) is 0 Å². The minimum absolute atomic E-state index is 0.345. The van der Waals surface area contributed by atoms with Crippen molar-refractivity contribution in [1.29, 1.82) is 0 Å². The van der Waals surface area contributed by atoms with Gasteiger partial charge in [-0.25, -0.2) is 0 Å². The Labute approximate surface area is 89.8 Å². The Balaban J connectivity index is 3.37. The molecule has 1 rings (SSSR count). The Hall–Kier alpha value is -1.13. The van der Waals surface area contributed by atoms with Crippen LogP contribution in [0.25, 0.3) is 0 Å². The fraction of sp³-hybridized carbons (Fsp3) is 0.545. The fourth-order valence-corrected chi connectivity index (χ4v) is 1.49. The quantitative estimate of drug-likeness (QED) is 0.683. The number of nitrogen functional groups attached to an aromatic ring is 1. The molecule has 0 bridgehead atoms. The highest BCUT2D eigenvalue weighted by Gasteiger charge is 2.27. The van der Waals surface area contributed by atoms with Crippen molar-refractivity contribution in [3.63, 3.8) is 0 Å². The first kappa shape index (κ1) is 11.9. The second kappa shape index (κ2) is 3.47. The number of nitrogens with zero attached hydrogens (tertiary/aromatic N) is 1. The zero-order valence-corrected chi connectivity index (χ0v) is 9.57. The highest BCUT2D eigenvalue weighted by Crippen LogP contribution is 2.31. The fourth-order valence-electron chi connectivity index (χ4n) is 1.49. The molecule has 0 saturated heterocycles. The van der Waals surface area contributed by atoms with Gasteiger partial charge in [-0.3, -0.25) is 4.98 Å². The summed E-state index contributed by atoms with van der Waals surface area (Å²) < 4.78 is 0. The van der Waals surface area contributed by atoms with Crippen LogP contribution in [0.3, 0.4) is 0 Å². The van der Waals surface area contributed by atoms with Crippen LogP contribution in [0.5, 0.6) is 0 Å². The van der Waals surface area contributed by atoms with E-state index in [1.54, 1.807) is 33.8 Å². The van der Waals surface area contributed by atoms with Crippen LogP contribution in [0.2, 0.25) is 0 Å². The molecule has 15 heavy (non-hydrogen) atoms. The van der Waals surface area contributed by atoms with E-state index in [1.807, 2.05) is 0 Å². The summed E-state index contributed by atoms with van der Waals surface area (Å²) in [5, 5.41) is 19.7. The Morgan fingerprint density at radius 2 is 1.67 bits per heavy atom. The van der Waals surface area contributed by atoms with Crippen molar-refractivity contribution in [1.82, 2.24) is 4.98 Å². The van der Waals surface area contributed by atoms with E-state index in [2.05, 4.69) is 4.98 Å². The number of hydrogen-bond donors (Lipinski definition) is 3. The molecular weight excluding hydrogens is 192 g/mol. The Morgan fingerprint density at radius 3 is 2.07 bits per heavy atom. The molecule has 0 aliphatic rings. The first-order valence-corrected chi connectivity index (χ1v) is 4.84. The predicted molar refractivity (Wildman–Crippen MR) is 59.1 cm³/mol. The maximum absolute atomic E-state index is 9.87. The molecule has 0 atom stereocenters. The van der Waals surface area contributed by atoms with Crippen molar-refractivity contribution in [2.75, 3.05) is 5.73 Å². The van der Waals surface area contributed by atoms with Gasteiger partial charge in [0.1, 0.15) is 5.60 Å². The van der Waals surface area contributed by atoms with E-state index >= 15 is 0 Å². The summed E-state index contributed by atoms with van der Waals surface area (Å²) in [5.74, 6) is 0. The Morgan fingerprint density at radius 1 is 1.13 bits per heavy atom. The van der Waals surface area contributed by atoms with Gasteiger partial charge in [-0.1, -0.05) is 0 Å². The summed E-state index contributed by atoms with van der Waals surface area (Å²) >= 11 is 0. The summed E-state index contributed by atoms with van der Waals surface area (Å²) in [6, 6.07) is 1.66. The van der Waals surface area contributed by atoms with Crippen LogP contribution >= 0.6 is 0 Å². The molecule has 84 valence electrons. The molecule has 0 aromatic carbocycles. The largest absolute Gasteiger partial charge is 0.397 e. The average molecular weight is 210 g/mol. The smallest absolute Gasteiger partial charge is 0.103 e. The van der Waals surface area contributed by atoms with E-state index in [1.165, 1.54) is 6.20 Å². The molecule has 4 N–H and O–H groups in total. The van der Waals surface area contributed by atoms with E-state index < -0.39 is 11.2 Å².